The highest BCUT2D eigenvalue weighted by atomic mass is 35.5. The largest absolute Gasteiger partial charge is 0.312 e. The summed E-state index contributed by atoms with van der Waals surface area (Å²) < 4.78 is 27.3. The van der Waals surface area contributed by atoms with Gasteiger partial charge in [-0.05, 0) is 84.3 Å². The monoisotopic (exact) mass is 623 g/mol. The Morgan fingerprint density at radius 2 is 2.02 bits per heavy atom. The first-order valence-corrected chi connectivity index (χ1v) is 18.0. The van der Waals surface area contributed by atoms with E-state index in [-0.39, 0.29) is 40.0 Å². The highest BCUT2D eigenvalue weighted by Gasteiger charge is 2.50. The van der Waals surface area contributed by atoms with Gasteiger partial charge in [-0.2, -0.15) is 11.8 Å². The van der Waals surface area contributed by atoms with Gasteiger partial charge in [-0.3, -0.25) is 18.9 Å². The number of piperidine rings is 1. The summed E-state index contributed by atoms with van der Waals surface area (Å²) in [6, 6.07) is 0.281. The third-order valence-corrected chi connectivity index (χ3v) is 12.0. The van der Waals surface area contributed by atoms with Crippen molar-refractivity contribution >= 4 is 39.3 Å². The van der Waals surface area contributed by atoms with Crippen LogP contribution in [0, 0.1) is 42.4 Å². The molecule has 12 heteroatoms. The molecule has 5 rings (SSSR count). The Balaban J connectivity index is 1.33. The molecule has 1 amide bonds. The van der Waals surface area contributed by atoms with Crippen molar-refractivity contribution < 1.29 is 13.2 Å². The second-order valence-corrected chi connectivity index (χ2v) is 16.0. The van der Waals surface area contributed by atoms with Crippen molar-refractivity contribution in [3.05, 3.63) is 27.4 Å². The third-order valence-electron chi connectivity index (χ3n) is 9.49. The molecule has 8 atom stereocenters. The van der Waals surface area contributed by atoms with Gasteiger partial charge in [-0.25, -0.2) is 13.4 Å². The van der Waals surface area contributed by atoms with Gasteiger partial charge in [0.1, 0.15) is 5.82 Å². The van der Waals surface area contributed by atoms with Crippen LogP contribution in [0.15, 0.2) is 4.79 Å². The van der Waals surface area contributed by atoms with E-state index in [2.05, 4.69) is 40.9 Å². The van der Waals surface area contributed by atoms with Gasteiger partial charge in [0.15, 0.2) is 0 Å². The Morgan fingerprint density at radius 3 is 2.76 bits per heavy atom. The minimum atomic E-state index is -3.60. The zero-order chi connectivity index (χ0) is 29.5. The Morgan fingerprint density at radius 1 is 1.24 bits per heavy atom. The van der Waals surface area contributed by atoms with Gasteiger partial charge in [-0.1, -0.05) is 11.8 Å². The Bertz CT molecular complexity index is 1390. The van der Waals surface area contributed by atoms with Gasteiger partial charge in [0.2, 0.25) is 15.9 Å². The van der Waals surface area contributed by atoms with Crippen molar-refractivity contribution in [3.8, 4) is 11.8 Å². The molecule has 226 valence electrons. The highest BCUT2D eigenvalue weighted by molar-refractivity contribution is 8.00. The SMILES string of the molecule is Cc1nc2c(c(=O)n1CC#CC1CCC(Cl)CC1C1CCNC3C(C(=O)NS(C)(=O)=O)CSC13)C[C@H](N(C)C)CC2. The molecule has 2 saturated heterocycles. The zero-order valence-electron chi connectivity index (χ0n) is 24.4. The van der Waals surface area contributed by atoms with E-state index >= 15 is 0 Å². The molecule has 1 aromatic heterocycles. The van der Waals surface area contributed by atoms with Crippen LogP contribution in [-0.4, -0.2) is 84.1 Å². The molecule has 3 heterocycles. The van der Waals surface area contributed by atoms with E-state index in [0.717, 1.165) is 69.0 Å². The number of fused-ring (bicyclic) bond motifs is 2. The number of nitrogens with zero attached hydrogens (tertiary/aromatic N) is 3. The lowest BCUT2D eigenvalue weighted by atomic mass is 9.67. The quantitative estimate of drug-likeness (QED) is 0.377. The molecule has 0 aromatic carbocycles. The summed E-state index contributed by atoms with van der Waals surface area (Å²) in [5.41, 5.74) is 1.81. The molecule has 0 spiro atoms. The molecule has 7 unspecified atom stereocenters. The van der Waals surface area contributed by atoms with E-state index in [9.17, 15) is 18.0 Å². The van der Waals surface area contributed by atoms with Crippen LogP contribution < -0.4 is 15.6 Å². The highest BCUT2D eigenvalue weighted by Crippen LogP contribution is 2.48. The number of amides is 1. The Kier molecular flexibility index (Phi) is 9.46. The summed E-state index contributed by atoms with van der Waals surface area (Å²) in [6.45, 7) is 3.00. The van der Waals surface area contributed by atoms with Gasteiger partial charge in [0, 0.05) is 39.9 Å². The summed E-state index contributed by atoms with van der Waals surface area (Å²) in [4.78, 5) is 33.2. The van der Waals surface area contributed by atoms with Crippen LogP contribution in [0.3, 0.4) is 0 Å². The summed E-state index contributed by atoms with van der Waals surface area (Å²) in [6.07, 6.45) is 7.26. The molecule has 4 aliphatic rings. The average Bonchev–Trinajstić information content (AvgIpc) is 3.35. The van der Waals surface area contributed by atoms with Gasteiger partial charge in [0.05, 0.1) is 24.4 Å². The number of aryl methyl sites for hydroxylation is 2. The summed E-state index contributed by atoms with van der Waals surface area (Å²) >= 11 is 8.47. The van der Waals surface area contributed by atoms with Crippen LogP contribution in [0.5, 0.6) is 0 Å². The molecule has 2 N–H and O–H groups in total. The van der Waals surface area contributed by atoms with E-state index in [4.69, 9.17) is 16.6 Å². The normalized spacial score (nSPS) is 33.4. The maximum absolute atomic E-state index is 13.5. The van der Waals surface area contributed by atoms with Crippen molar-refractivity contribution in [3.63, 3.8) is 0 Å². The van der Waals surface area contributed by atoms with Crippen molar-refractivity contribution in [1.29, 1.82) is 0 Å². The van der Waals surface area contributed by atoms with E-state index in [0.29, 0.717) is 30.1 Å². The number of sulfonamides is 1. The zero-order valence-corrected chi connectivity index (χ0v) is 26.7. The standard InChI is InChI=1S/C29H42ClN5O4S2/c1-17-32-25-10-9-20(34(2)3)15-23(25)29(37)35(17)13-5-6-18-7-8-19(30)14-22(18)21-11-12-31-26-24(16-40-27(21)26)28(36)33-41(4,38)39/h18-22,24,26-27,31H,7-16H2,1-4H3,(H,33,36)/t18?,19?,20-,21?,22?,24?,26?,27?/m1/s1. The molecule has 0 radical (unpaired) electrons. The first kappa shape index (κ1) is 30.9. The minimum absolute atomic E-state index is 0.0383. The van der Waals surface area contributed by atoms with Crippen LogP contribution in [0.4, 0.5) is 0 Å². The molecule has 3 fully saturated rings. The van der Waals surface area contributed by atoms with Crippen molar-refractivity contribution in [2.45, 2.75) is 81.1 Å². The van der Waals surface area contributed by atoms with E-state index in [1.165, 1.54) is 0 Å². The number of thioether (sulfide) groups is 1. The molecule has 1 saturated carbocycles. The molecule has 1 aromatic rings. The number of hydrogen-bond donors (Lipinski definition) is 2. The first-order valence-electron chi connectivity index (χ1n) is 14.7. The number of nitrogens with one attached hydrogen (secondary N) is 2. The summed E-state index contributed by atoms with van der Waals surface area (Å²) in [5, 5.41) is 3.81. The number of alkyl halides is 1. The topological polar surface area (TPSA) is 113 Å². The van der Waals surface area contributed by atoms with Crippen molar-refractivity contribution in [2.75, 3.05) is 32.6 Å². The molecule has 2 aliphatic carbocycles. The Hall–Kier alpha value is -1.58. The van der Waals surface area contributed by atoms with Crippen LogP contribution in [-0.2, 0) is 34.2 Å². The van der Waals surface area contributed by atoms with Gasteiger partial charge >= 0.3 is 0 Å². The second-order valence-electron chi connectivity index (χ2n) is 12.4. The number of halogens is 1. The van der Waals surface area contributed by atoms with E-state index in [1.807, 2.05) is 6.92 Å². The van der Waals surface area contributed by atoms with Crippen LogP contribution >= 0.6 is 23.4 Å². The van der Waals surface area contributed by atoms with Crippen LogP contribution in [0.2, 0.25) is 0 Å². The lowest BCUT2D eigenvalue weighted by Gasteiger charge is -2.44. The number of likely N-dealkylation sites (N-methyl/N-ethyl adjacent to an activating group) is 1. The van der Waals surface area contributed by atoms with E-state index < -0.39 is 15.9 Å². The van der Waals surface area contributed by atoms with Crippen LogP contribution in [0.1, 0.15) is 49.2 Å². The molecule has 9 nitrogen and oxygen atoms in total. The number of carbonyl (C=O) groups excluding carboxylic acids is 1. The molecule has 0 bridgehead atoms. The maximum Gasteiger partial charge on any atom is 0.257 e. The lowest BCUT2D eigenvalue weighted by Crippen LogP contribution is -2.55. The smallest absolute Gasteiger partial charge is 0.257 e. The fourth-order valence-electron chi connectivity index (χ4n) is 7.33. The third kappa shape index (κ3) is 6.82. The van der Waals surface area contributed by atoms with Gasteiger partial charge in [-0.15, -0.1) is 11.6 Å². The second kappa shape index (κ2) is 12.6. The van der Waals surface area contributed by atoms with Crippen molar-refractivity contribution in [1.82, 2.24) is 24.5 Å². The summed E-state index contributed by atoms with van der Waals surface area (Å²) in [5.74, 6) is 8.20. The number of hydrogen-bond acceptors (Lipinski definition) is 8. The molecular formula is C29H42ClN5O4S2. The number of carbonyl (C=O) groups is 1. The van der Waals surface area contributed by atoms with E-state index in [1.54, 1.807) is 16.3 Å². The predicted molar refractivity (Wildman–Crippen MR) is 164 cm³/mol. The van der Waals surface area contributed by atoms with Crippen LogP contribution in [0.25, 0.3) is 0 Å². The number of aromatic nitrogens is 2. The molecule has 2 aliphatic heterocycles. The molecule has 41 heavy (non-hydrogen) atoms. The fraction of sp³-hybridized carbons (Fsp3) is 0.759. The van der Waals surface area contributed by atoms with Gasteiger partial charge < -0.3 is 10.2 Å². The lowest BCUT2D eigenvalue weighted by molar-refractivity contribution is -0.123. The fourth-order valence-corrected chi connectivity index (χ4v) is 10.0. The van der Waals surface area contributed by atoms with Gasteiger partial charge in [0.25, 0.3) is 5.56 Å². The average molecular weight is 624 g/mol. The predicted octanol–water partition coefficient (Wildman–Crippen LogP) is 1.78. The Labute approximate surface area is 253 Å². The molecular weight excluding hydrogens is 582 g/mol. The number of rotatable bonds is 5. The maximum atomic E-state index is 13.5. The van der Waals surface area contributed by atoms with Crippen molar-refractivity contribution in [2.24, 2.45) is 23.7 Å². The first-order chi connectivity index (χ1) is 19.4. The summed E-state index contributed by atoms with van der Waals surface area (Å²) in [7, 11) is 0.521. The minimum Gasteiger partial charge on any atom is -0.312 e.